The smallest absolute Gasteiger partial charge is 0.353 e. The van der Waals surface area contributed by atoms with Gasteiger partial charge in [-0.25, -0.2) is 14.6 Å². The van der Waals surface area contributed by atoms with Gasteiger partial charge in [-0.05, 0) is 33.8 Å². The lowest BCUT2D eigenvalue weighted by molar-refractivity contribution is 0.0701. The Bertz CT molecular complexity index is 914. The fraction of sp³-hybridized carbons (Fsp3) is 0.421. The standard InChI is InChI=1S/C19H24N2O6/c1-10(2)20-19(21-11(3)4)27-18(23)14-9-13-15(25-6)7-12(24-5)8-16(13)26-17(14)22/h7-11H,1-6H3,(H,20,21). The average molecular weight is 376 g/mol. The molecule has 8 nitrogen and oxygen atoms in total. The second-order valence-corrected chi connectivity index (χ2v) is 6.41. The fourth-order valence-corrected chi connectivity index (χ4v) is 2.31. The molecule has 0 atom stereocenters. The number of nitrogens with zero attached hydrogens (tertiary/aromatic N) is 1. The summed E-state index contributed by atoms with van der Waals surface area (Å²) in [6.45, 7) is 7.45. The number of carbonyl (C=O) groups is 1. The first kappa shape index (κ1) is 20.3. The first-order chi connectivity index (χ1) is 12.7. The molecule has 1 aromatic carbocycles. The van der Waals surface area contributed by atoms with Crippen LogP contribution in [0.25, 0.3) is 11.0 Å². The van der Waals surface area contributed by atoms with Crippen LogP contribution < -0.4 is 20.4 Å². The quantitative estimate of drug-likeness (QED) is 0.371. The van der Waals surface area contributed by atoms with Crippen molar-refractivity contribution in [1.82, 2.24) is 5.32 Å². The second-order valence-electron chi connectivity index (χ2n) is 6.41. The van der Waals surface area contributed by atoms with E-state index in [9.17, 15) is 9.59 Å². The minimum Gasteiger partial charge on any atom is -0.496 e. The van der Waals surface area contributed by atoms with E-state index in [4.69, 9.17) is 18.6 Å². The molecule has 0 amide bonds. The summed E-state index contributed by atoms with van der Waals surface area (Å²) >= 11 is 0. The summed E-state index contributed by atoms with van der Waals surface area (Å²) in [5, 5.41) is 3.39. The van der Waals surface area contributed by atoms with E-state index in [2.05, 4.69) is 10.3 Å². The number of rotatable bonds is 5. The molecule has 0 aliphatic carbocycles. The van der Waals surface area contributed by atoms with Crippen molar-refractivity contribution in [3.8, 4) is 11.5 Å². The molecule has 0 unspecified atom stereocenters. The number of methoxy groups -OCH3 is 2. The fourth-order valence-electron chi connectivity index (χ4n) is 2.31. The molecule has 1 aromatic heterocycles. The normalized spacial score (nSPS) is 11.8. The van der Waals surface area contributed by atoms with Crippen LogP contribution >= 0.6 is 0 Å². The molecule has 1 N–H and O–H groups in total. The van der Waals surface area contributed by atoms with Crippen molar-refractivity contribution in [1.29, 1.82) is 0 Å². The molecular weight excluding hydrogens is 352 g/mol. The Hall–Kier alpha value is -3.03. The maximum Gasteiger partial charge on any atom is 0.353 e. The van der Waals surface area contributed by atoms with Crippen molar-refractivity contribution in [2.24, 2.45) is 4.99 Å². The van der Waals surface area contributed by atoms with Gasteiger partial charge in [-0.2, -0.15) is 0 Å². The highest BCUT2D eigenvalue weighted by Crippen LogP contribution is 2.30. The lowest BCUT2D eigenvalue weighted by atomic mass is 10.1. The Morgan fingerprint density at radius 2 is 1.81 bits per heavy atom. The third kappa shape index (κ3) is 4.99. The van der Waals surface area contributed by atoms with Gasteiger partial charge in [-0.1, -0.05) is 0 Å². The van der Waals surface area contributed by atoms with Crippen molar-refractivity contribution in [3.63, 3.8) is 0 Å². The molecule has 2 aromatic rings. The van der Waals surface area contributed by atoms with Gasteiger partial charge in [0.15, 0.2) is 0 Å². The molecular formula is C19H24N2O6. The van der Waals surface area contributed by atoms with E-state index in [1.807, 2.05) is 27.7 Å². The summed E-state index contributed by atoms with van der Waals surface area (Å²) in [5.41, 5.74) is -0.839. The van der Waals surface area contributed by atoms with Crippen molar-refractivity contribution in [3.05, 3.63) is 34.2 Å². The summed E-state index contributed by atoms with van der Waals surface area (Å²) in [6, 6.07) is 4.50. The minimum absolute atomic E-state index is 0.00382. The van der Waals surface area contributed by atoms with Crippen molar-refractivity contribution in [2.45, 2.75) is 39.8 Å². The van der Waals surface area contributed by atoms with Crippen molar-refractivity contribution in [2.75, 3.05) is 14.2 Å². The second kappa shape index (κ2) is 8.57. The van der Waals surface area contributed by atoms with Crippen LogP contribution in [-0.4, -0.2) is 38.3 Å². The minimum atomic E-state index is -0.865. The number of ether oxygens (including phenoxy) is 3. The van der Waals surface area contributed by atoms with Gasteiger partial charge in [-0.3, -0.25) is 0 Å². The van der Waals surface area contributed by atoms with E-state index < -0.39 is 11.6 Å². The maximum atomic E-state index is 12.5. The van der Waals surface area contributed by atoms with Crippen LogP contribution in [0.5, 0.6) is 11.5 Å². The summed E-state index contributed by atoms with van der Waals surface area (Å²) in [7, 11) is 2.96. The predicted molar refractivity (Wildman–Crippen MR) is 102 cm³/mol. The van der Waals surface area contributed by atoms with Crippen molar-refractivity contribution >= 4 is 23.0 Å². The molecule has 1 heterocycles. The molecule has 146 valence electrons. The first-order valence-corrected chi connectivity index (χ1v) is 8.51. The number of amidine groups is 1. The van der Waals surface area contributed by atoms with Gasteiger partial charge < -0.3 is 23.9 Å². The number of fused-ring (bicyclic) bond motifs is 1. The van der Waals surface area contributed by atoms with E-state index in [0.717, 1.165) is 0 Å². The van der Waals surface area contributed by atoms with Crippen LogP contribution in [0.1, 0.15) is 38.1 Å². The molecule has 0 aliphatic heterocycles. The Morgan fingerprint density at radius 3 is 2.37 bits per heavy atom. The molecule has 2 rings (SSSR count). The Kier molecular flexibility index (Phi) is 6.44. The van der Waals surface area contributed by atoms with Gasteiger partial charge in [-0.15, -0.1) is 0 Å². The van der Waals surface area contributed by atoms with E-state index in [-0.39, 0.29) is 29.3 Å². The van der Waals surface area contributed by atoms with Gasteiger partial charge in [0, 0.05) is 24.2 Å². The van der Waals surface area contributed by atoms with Gasteiger partial charge in [0.2, 0.25) is 0 Å². The van der Waals surface area contributed by atoms with E-state index in [1.54, 1.807) is 12.1 Å². The number of hydrogen-bond acceptors (Lipinski definition) is 7. The number of aliphatic imine (C=N–C) groups is 1. The number of nitrogens with one attached hydrogen (secondary N) is 1. The topological polar surface area (TPSA) is 99.4 Å². The summed E-state index contributed by atoms with van der Waals surface area (Å²) in [6.07, 6.45) is 0. The van der Waals surface area contributed by atoms with E-state index in [0.29, 0.717) is 16.9 Å². The average Bonchev–Trinajstić information content (AvgIpc) is 2.58. The number of benzene rings is 1. The molecule has 0 fully saturated rings. The first-order valence-electron chi connectivity index (χ1n) is 8.51. The molecule has 0 bridgehead atoms. The zero-order valence-electron chi connectivity index (χ0n) is 16.3. The lowest BCUT2D eigenvalue weighted by Gasteiger charge is -2.14. The van der Waals surface area contributed by atoms with E-state index in [1.165, 1.54) is 20.3 Å². The maximum absolute atomic E-state index is 12.5. The van der Waals surface area contributed by atoms with Gasteiger partial charge in [0.1, 0.15) is 22.6 Å². The lowest BCUT2D eigenvalue weighted by Crippen LogP contribution is -2.35. The van der Waals surface area contributed by atoms with E-state index >= 15 is 0 Å². The SMILES string of the molecule is COc1cc(OC)c2cc(C(=O)OC(=NC(C)C)NC(C)C)c(=O)oc2c1. The van der Waals surface area contributed by atoms with Crippen LogP contribution in [0.15, 0.2) is 32.4 Å². The van der Waals surface area contributed by atoms with Gasteiger partial charge >= 0.3 is 11.6 Å². The zero-order valence-corrected chi connectivity index (χ0v) is 16.3. The molecule has 8 heteroatoms. The number of hydrogen-bond donors (Lipinski definition) is 1. The monoisotopic (exact) mass is 376 g/mol. The highest BCUT2D eigenvalue weighted by molar-refractivity contribution is 6.00. The van der Waals surface area contributed by atoms with Crippen LogP contribution in [0.2, 0.25) is 0 Å². The third-order valence-electron chi connectivity index (χ3n) is 3.44. The van der Waals surface area contributed by atoms with Crippen LogP contribution in [0, 0.1) is 0 Å². The number of esters is 1. The Labute approximate surface area is 157 Å². The van der Waals surface area contributed by atoms with Gasteiger partial charge in [0.25, 0.3) is 6.02 Å². The predicted octanol–water partition coefficient (Wildman–Crippen LogP) is 2.73. The van der Waals surface area contributed by atoms with Crippen molar-refractivity contribution < 1.29 is 23.4 Å². The van der Waals surface area contributed by atoms with Crippen LogP contribution in [-0.2, 0) is 4.74 Å². The molecule has 0 spiro atoms. The largest absolute Gasteiger partial charge is 0.496 e. The molecule has 0 aliphatic rings. The molecule has 27 heavy (non-hydrogen) atoms. The Morgan fingerprint density at radius 1 is 1.11 bits per heavy atom. The number of carbonyl (C=O) groups excluding carboxylic acids is 1. The molecule has 0 saturated heterocycles. The summed E-state index contributed by atoms with van der Waals surface area (Å²) in [4.78, 5) is 29.0. The summed E-state index contributed by atoms with van der Waals surface area (Å²) in [5.74, 6) is -0.0000829. The molecule has 0 saturated carbocycles. The Balaban J connectivity index is 2.46. The van der Waals surface area contributed by atoms with Gasteiger partial charge in [0.05, 0.1) is 19.6 Å². The highest BCUT2D eigenvalue weighted by atomic mass is 16.6. The van der Waals surface area contributed by atoms with Crippen LogP contribution in [0.3, 0.4) is 0 Å². The van der Waals surface area contributed by atoms with Crippen LogP contribution in [0.4, 0.5) is 0 Å². The summed E-state index contributed by atoms with van der Waals surface area (Å²) < 4.78 is 21.0. The highest BCUT2D eigenvalue weighted by Gasteiger charge is 2.20. The zero-order chi connectivity index (χ0) is 20.1. The molecule has 0 radical (unpaired) electrons. The third-order valence-corrected chi connectivity index (χ3v) is 3.44.